The summed E-state index contributed by atoms with van der Waals surface area (Å²) < 4.78 is 53.9. The van der Waals surface area contributed by atoms with Gasteiger partial charge in [0.25, 0.3) is 0 Å². The van der Waals surface area contributed by atoms with Crippen LogP contribution in [0, 0.1) is 5.82 Å². The molecule has 0 amide bonds. The summed E-state index contributed by atoms with van der Waals surface area (Å²) in [6, 6.07) is 8.90. The van der Waals surface area contributed by atoms with Gasteiger partial charge >= 0.3 is 6.18 Å². The minimum absolute atomic E-state index is 0.0255. The number of halogens is 4. The summed E-state index contributed by atoms with van der Waals surface area (Å²) in [5.41, 5.74) is 5.99. The average Bonchev–Trinajstić information content (AvgIpc) is 3.07. The van der Waals surface area contributed by atoms with E-state index in [1.807, 2.05) is 6.92 Å². The molecular formula is C19H15F4N7. The number of nitrogens with zero attached hydrogens (tertiary/aromatic N) is 5. The Balaban J connectivity index is 1.75. The first-order valence-corrected chi connectivity index (χ1v) is 8.88. The van der Waals surface area contributed by atoms with E-state index in [0.29, 0.717) is 23.4 Å². The molecule has 0 saturated heterocycles. The van der Waals surface area contributed by atoms with E-state index in [-0.39, 0.29) is 23.4 Å². The van der Waals surface area contributed by atoms with E-state index in [1.54, 1.807) is 16.7 Å². The predicted molar refractivity (Wildman–Crippen MR) is 103 cm³/mol. The molecule has 11 heteroatoms. The molecule has 0 fully saturated rings. The molecule has 0 atom stereocenters. The molecule has 4 rings (SSSR count). The minimum Gasteiger partial charge on any atom is -0.368 e. The van der Waals surface area contributed by atoms with Crippen molar-refractivity contribution in [1.82, 2.24) is 24.5 Å². The second kappa shape index (κ2) is 7.25. The topological polar surface area (TPSA) is 94.5 Å². The third-order valence-corrected chi connectivity index (χ3v) is 4.33. The van der Waals surface area contributed by atoms with Gasteiger partial charge in [-0.3, -0.25) is 4.57 Å². The molecule has 0 radical (unpaired) electrons. The van der Waals surface area contributed by atoms with Crippen LogP contribution in [-0.2, 0) is 12.6 Å². The Bertz CT molecular complexity index is 1220. The van der Waals surface area contributed by atoms with Gasteiger partial charge in [0.05, 0.1) is 11.1 Å². The molecular weight excluding hydrogens is 402 g/mol. The summed E-state index contributed by atoms with van der Waals surface area (Å²) in [4.78, 5) is 16.7. The molecule has 7 nitrogen and oxygen atoms in total. The molecule has 0 saturated carbocycles. The van der Waals surface area contributed by atoms with E-state index >= 15 is 0 Å². The van der Waals surface area contributed by atoms with Gasteiger partial charge in [-0.05, 0) is 36.4 Å². The van der Waals surface area contributed by atoms with Gasteiger partial charge < -0.3 is 11.1 Å². The summed E-state index contributed by atoms with van der Waals surface area (Å²) in [7, 11) is 0. The second-order valence-electron chi connectivity index (χ2n) is 6.34. The second-order valence-corrected chi connectivity index (χ2v) is 6.34. The third-order valence-electron chi connectivity index (χ3n) is 4.33. The number of alkyl halides is 3. The Morgan fingerprint density at radius 3 is 2.40 bits per heavy atom. The lowest BCUT2D eigenvalue weighted by molar-refractivity contribution is -0.137. The molecule has 0 spiro atoms. The van der Waals surface area contributed by atoms with Crippen LogP contribution in [0.5, 0.6) is 0 Å². The fourth-order valence-electron chi connectivity index (χ4n) is 2.98. The predicted octanol–water partition coefficient (Wildman–Crippen LogP) is 4.26. The van der Waals surface area contributed by atoms with Crippen LogP contribution in [0.1, 0.15) is 18.3 Å². The molecule has 30 heavy (non-hydrogen) atoms. The number of aryl methyl sites for hydroxylation is 1. The van der Waals surface area contributed by atoms with Crippen molar-refractivity contribution < 1.29 is 17.6 Å². The highest BCUT2D eigenvalue weighted by Crippen LogP contribution is 2.30. The van der Waals surface area contributed by atoms with Crippen molar-refractivity contribution >= 4 is 28.6 Å². The number of nitrogens with two attached hydrogens (primary N) is 1. The molecule has 0 bridgehead atoms. The third kappa shape index (κ3) is 3.61. The first-order valence-electron chi connectivity index (χ1n) is 8.88. The molecule has 3 N–H and O–H groups in total. The summed E-state index contributed by atoms with van der Waals surface area (Å²) >= 11 is 0. The quantitative estimate of drug-likeness (QED) is 0.482. The summed E-state index contributed by atoms with van der Waals surface area (Å²) in [5.74, 6) is 0.0569. The Hall–Kier alpha value is -3.76. The first-order chi connectivity index (χ1) is 14.3. The van der Waals surface area contributed by atoms with Crippen molar-refractivity contribution in [3.05, 3.63) is 59.7 Å². The van der Waals surface area contributed by atoms with Crippen molar-refractivity contribution in [3.8, 4) is 5.95 Å². The van der Waals surface area contributed by atoms with E-state index in [0.717, 1.165) is 12.1 Å². The number of hydrogen-bond donors (Lipinski definition) is 2. The zero-order valence-corrected chi connectivity index (χ0v) is 15.6. The van der Waals surface area contributed by atoms with Gasteiger partial charge in [0.2, 0.25) is 17.8 Å². The molecule has 0 unspecified atom stereocenters. The highest BCUT2D eigenvalue weighted by atomic mass is 19.4. The molecule has 154 valence electrons. The molecule has 0 aliphatic heterocycles. The molecule has 0 aliphatic rings. The van der Waals surface area contributed by atoms with Crippen LogP contribution in [0.2, 0.25) is 0 Å². The minimum atomic E-state index is -4.43. The van der Waals surface area contributed by atoms with E-state index in [1.165, 1.54) is 18.2 Å². The van der Waals surface area contributed by atoms with Crippen molar-refractivity contribution in [2.45, 2.75) is 19.5 Å². The maximum atomic E-state index is 14.1. The standard InChI is InChI=1S/C19H15F4N7/c1-2-14-26-15-12(20)4-3-5-13(15)30(14)18-28-16(24)27-17(29-18)25-11-8-6-10(7-9-11)19(21,22)23/h3-9H,2H2,1H3,(H3,24,25,27,28,29). The number of benzene rings is 2. The molecule has 0 aliphatic carbocycles. The summed E-state index contributed by atoms with van der Waals surface area (Å²) in [6.45, 7) is 1.85. The average molecular weight is 417 g/mol. The zero-order chi connectivity index (χ0) is 21.5. The monoisotopic (exact) mass is 417 g/mol. The van der Waals surface area contributed by atoms with Gasteiger partial charge in [0.15, 0.2) is 5.82 Å². The van der Waals surface area contributed by atoms with E-state index in [9.17, 15) is 17.6 Å². The van der Waals surface area contributed by atoms with Crippen LogP contribution in [0.25, 0.3) is 17.0 Å². The maximum absolute atomic E-state index is 14.1. The van der Waals surface area contributed by atoms with Crippen LogP contribution in [0.15, 0.2) is 42.5 Å². The molecule has 2 heterocycles. The largest absolute Gasteiger partial charge is 0.416 e. The van der Waals surface area contributed by atoms with E-state index in [4.69, 9.17) is 5.73 Å². The Labute approximate surface area is 167 Å². The zero-order valence-electron chi connectivity index (χ0n) is 15.6. The number of nitrogen functional groups attached to an aromatic ring is 1. The smallest absolute Gasteiger partial charge is 0.368 e. The Kier molecular flexibility index (Phi) is 4.72. The van der Waals surface area contributed by atoms with Crippen molar-refractivity contribution in [3.63, 3.8) is 0 Å². The maximum Gasteiger partial charge on any atom is 0.416 e. The van der Waals surface area contributed by atoms with Crippen LogP contribution in [0.4, 0.5) is 35.1 Å². The Morgan fingerprint density at radius 1 is 1.00 bits per heavy atom. The number of fused-ring (bicyclic) bond motifs is 1. The molecule has 2 aromatic heterocycles. The van der Waals surface area contributed by atoms with Gasteiger partial charge in [0.1, 0.15) is 11.3 Å². The van der Waals surface area contributed by atoms with Crippen molar-refractivity contribution in [2.75, 3.05) is 11.1 Å². The molecule has 2 aromatic carbocycles. The number of para-hydroxylation sites is 1. The van der Waals surface area contributed by atoms with Gasteiger partial charge in [-0.25, -0.2) is 9.37 Å². The van der Waals surface area contributed by atoms with Gasteiger partial charge in [-0.1, -0.05) is 13.0 Å². The summed E-state index contributed by atoms with van der Waals surface area (Å²) in [5, 5.41) is 2.81. The number of nitrogens with one attached hydrogen (secondary N) is 1. The van der Waals surface area contributed by atoms with E-state index in [2.05, 4.69) is 25.3 Å². The van der Waals surface area contributed by atoms with Gasteiger partial charge in [-0.2, -0.15) is 28.1 Å². The highest BCUT2D eigenvalue weighted by molar-refractivity contribution is 5.78. The van der Waals surface area contributed by atoms with Crippen LogP contribution >= 0.6 is 0 Å². The number of hydrogen-bond acceptors (Lipinski definition) is 6. The lowest BCUT2D eigenvalue weighted by atomic mass is 10.2. The number of rotatable bonds is 4. The molecule has 4 aromatic rings. The van der Waals surface area contributed by atoms with Crippen LogP contribution < -0.4 is 11.1 Å². The highest BCUT2D eigenvalue weighted by Gasteiger charge is 2.30. The normalized spacial score (nSPS) is 11.8. The van der Waals surface area contributed by atoms with Crippen molar-refractivity contribution in [1.29, 1.82) is 0 Å². The first kappa shape index (κ1) is 19.6. The SMILES string of the molecule is CCc1nc2c(F)cccc2n1-c1nc(N)nc(Nc2ccc(C(F)(F)F)cc2)n1. The number of anilines is 3. The summed E-state index contributed by atoms with van der Waals surface area (Å²) in [6.07, 6.45) is -3.96. The fraction of sp³-hybridized carbons (Fsp3) is 0.158. The lowest BCUT2D eigenvalue weighted by Crippen LogP contribution is -2.11. The van der Waals surface area contributed by atoms with Crippen molar-refractivity contribution in [2.24, 2.45) is 0 Å². The van der Waals surface area contributed by atoms with Gasteiger partial charge in [0, 0.05) is 12.1 Å². The van der Waals surface area contributed by atoms with Crippen LogP contribution in [0.3, 0.4) is 0 Å². The fourth-order valence-corrected chi connectivity index (χ4v) is 2.98. The van der Waals surface area contributed by atoms with E-state index < -0.39 is 17.6 Å². The lowest BCUT2D eigenvalue weighted by Gasteiger charge is -2.11. The Morgan fingerprint density at radius 2 is 1.73 bits per heavy atom. The van der Waals surface area contributed by atoms with Gasteiger partial charge in [-0.15, -0.1) is 0 Å². The number of aromatic nitrogens is 5. The number of imidazole rings is 1. The van der Waals surface area contributed by atoms with Crippen LogP contribution in [-0.4, -0.2) is 24.5 Å².